The Bertz CT molecular complexity index is 409. The van der Waals surface area contributed by atoms with Crippen LogP contribution in [0.2, 0.25) is 0 Å². The maximum absolute atomic E-state index is 11.5. The number of ether oxygens (including phenoxy) is 1. The molecule has 0 saturated heterocycles. The zero-order valence-electron chi connectivity index (χ0n) is 11.7. The molecule has 0 aliphatic heterocycles. The molecule has 0 aromatic heterocycles. The highest BCUT2D eigenvalue weighted by Crippen LogP contribution is 2.24. The van der Waals surface area contributed by atoms with E-state index in [2.05, 4.69) is 5.32 Å². The monoisotopic (exact) mass is 262 g/mol. The summed E-state index contributed by atoms with van der Waals surface area (Å²) in [7, 11) is 3.51. The number of nitrogens with one attached hydrogen (secondary N) is 1. The van der Waals surface area contributed by atoms with E-state index in [0.717, 1.165) is 24.3 Å². The lowest BCUT2D eigenvalue weighted by atomic mass is 10.2. The van der Waals surface area contributed by atoms with Gasteiger partial charge < -0.3 is 15.0 Å². The first-order valence-corrected chi connectivity index (χ1v) is 6.86. The lowest BCUT2D eigenvalue weighted by Gasteiger charge is -2.14. The van der Waals surface area contributed by atoms with E-state index in [0.29, 0.717) is 12.6 Å². The summed E-state index contributed by atoms with van der Waals surface area (Å²) in [5.41, 5.74) is 0.939. The molecule has 1 N–H and O–H groups in total. The van der Waals surface area contributed by atoms with Gasteiger partial charge in [-0.3, -0.25) is 4.79 Å². The molecule has 0 unspecified atom stereocenters. The number of carbonyl (C=O) groups is 1. The summed E-state index contributed by atoms with van der Waals surface area (Å²) in [6.07, 6.45) is 5.26. The van der Waals surface area contributed by atoms with Crippen molar-refractivity contribution in [1.29, 1.82) is 0 Å². The fourth-order valence-corrected chi connectivity index (χ4v) is 2.19. The highest BCUT2D eigenvalue weighted by Gasteiger charge is 2.16. The number of hydrogen-bond acceptors (Lipinski definition) is 3. The largest absolute Gasteiger partial charge is 0.490 e. The van der Waals surface area contributed by atoms with Crippen LogP contribution in [-0.4, -0.2) is 37.6 Å². The number of nitrogens with zero attached hydrogens (tertiary/aromatic N) is 1. The van der Waals surface area contributed by atoms with Crippen LogP contribution in [0.25, 0.3) is 0 Å². The lowest BCUT2D eigenvalue weighted by Crippen LogP contribution is -2.28. The van der Waals surface area contributed by atoms with Crippen LogP contribution in [0.4, 0.5) is 5.69 Å². The molecule has 19 heavy (non-hydrogen) atoms. The number of anilines is 1. The molecule has 1 aliphatic carbocycles. The number of benzene rings is 1. The maximum Gasteiger partial charge on any atom is 0.241 e. The van der Waals surface area contributed by atoms with Crippen molar-refractivity contribution in [2.75, 3.05) is 26.0 Å². The Morgan fingerprint density at radius 1 is 1.26 bits per heavy atom. The first kappa shape index (κ1) is 13.7. The molecular formula is C15H22N2O2. The second-order valence-electron chi connectivity index (χ2n) is 5.19. The van der Waals surface area contributed by atoms with E-state index in [1.807, 2.05) is 24.3 Å². The Morgan fingerprint density at radius 2 is 1.89 bits per heavy atom. The molecule has 104 valence electrons. The van der Waals surface area contributed by atoms with Crippen molar-refractivity contribution in [3.63, 3.8) is 0 Å². The van der Waals surface area contributed by atoms with E-state index in [9.17, 15) is 4.79 Å². The molecule has 2 rings (SSSR count). The minimum absolute atomic E-state index is 0.0614. The number of likely N-dealkylation sites (N-methyl/N-ethyl adjacent to an activating group) is 1. The summed E-state index contributed by atoms with van der Waals surface area (Å²) in [5, 5.41) is 3.10. The standard InChI is InChI=1S/C15H22N2O2/c1-17(2)15(18)11-16-12-7-9-14(10-8-12)19-13-5-3-4-6-13/h7-10,13,16H,3-6,11H2,1-2H3. The SMILES string of the molecule is CN(C)C(=O)CNc1ccc(OC2CCCC2)cc1. The van der Waals surface area contributed by atoms with Crippen molar-refractivity contribution in [2.45, 2.75) is 31.8 Å². The van der Waals surface area contributed by atoms with Crippen LogP contribution < -0.4 is 10.1 Å². The quantitative estimate of drug-likeness (QED) is 0.886. The fraction of sp³-hybridized carbons (Fsp3) is 0.533. The molecule has 4 heteroatoms. The third-order valence-electron chi connectivity index (χ3n) is 3.40. The summed E-state index contributed by atoms with van der Waals surface area (Å²) in [6, 6.07) is 7.82. The van der Waals surface area contributed by atoms with Gasteiger partial charge in [0, 0.05) is 19.8 Å². The lowest BCUT2D eigenvalue weighted by molar-refractivity contribution is -0.126. The Balaban J connectivity index is 1.82. The minimum Gasteiger partial charge on any atom is -0.490 e. The van der Waals surface area contributed by atoms with E-state index in [-0.39, 0.29) is 5.91 Å². The van der Waals surface area contributed by atoms with Crippen LogP contribution in [0.3, 0.4) is 0 Å². The minimum atomic E-state index is 0.0614. The van der Waals surface area contributed by atoms with E-state index in [1.165, 1.54) is 12.8 Å². The normalized spacial score (nSPS) is 15.3. The third kappa shape index (κ3) is 4.16. The van der Waals surface area contributed by atoms with Gasteiger partial charge in [-0.2, -0.15) is 0 Å². The Morgan fingerprint density at radius 3 is 2.47 bits per heavy atom. The Labute approximate surface area is 114 Å². The molecule has 0 atom stereocenters. The van der Waals surface area contributed by atoms with Gasteiger partial charge in [0.15, 0.2) is 0 Å². The zero-order valence-corrected chi connectivity index (χ0v) is 11.7. The van der Waals surface area contributed by atoms with Crippen LogP contribution in [-0.2, 0) is 4.79 Å². The van der Waals surface area contributed by atoms with Gasteiger partial charge in [-0.05, 0) is 49.9 Å². The molecule has 1 aromatic rings. The van der Waals surface area contributed by atoms with E-state index in [1.54, 1.807) is 19.0 Å². The first-order valence-electron chi connectivity index (χ1n) is 6.86. The third-order valence-corrected chi connectivity index (χ3v) is 3.40. The second-order valence-corrected chi connectivity index (χ2v) is 5.19. The molecule has 0 bridgehead atoms. The van der Waals surface area contributed by atoms with Crippen molar-refractivity contribution in [3.05, 3.63) is 24.3 Å². The average molecular weight is 262 g/mol. The van der Waals surface area contributed by atoms with E-state index in [4.69, 9.17) is 4.74 Å². The Hall–Kier alpha value is -1.71. The van der Waals surface area contributed by atoms with Gasteiger partial charge in [-0.15, -0.1) is 0 Å². The molecule has 1 fully saturated rings. The van der Waals surface area contributed by atoms with Gasteiger partial charge in [0.05, 0.1) is 12.6 Å². The van der Waals surface area contributed by atoms with Crippen LogP contribution in [0, 0.1) is 0 Å². The summed E-state index contributed by atoms with van der Waals surface area (Å²) < 4.78 is 5.89. The van der Waals surface area contributed by atoms with Crippen molar-refractivity contribution >= 4 is 11.6 Å². The molecule has 1 amide bonds. The number of carbonyl (C=O) groups excluding carboxylic acids is 1. The number of hydrogen-bond donors (Lipinski definition) is 1. The van der Waals surface area contributed by atoms with Crippen molar-refractivity contribution in [2.24, 2.45) is 0 Å². The van der Waals surface area contributed by atoms with Crippen LogP contribution in [0.5, 0.6) is 5.75 Å². The average Bonchev–Trinajstić information content (AvgIpc) is 2.90. The van der Waals surface area contributed by atoms with Gasteiger partial charge in [-0.1, -0.05) is 0 Å². The zero-order chi connectivity index (χ0) is 13.7. The topological polar surface area (TPSA) is 41.6 Å². The van der Waals surface area contributed by atoms with Crippen molar-refractivity contribution < 1.29 is 9.53 Å². The highest BCUT2D eigenvalue weighted by atomic mass is 16.5. The van der Waals surface area contributed by atoms with Gasteiger partial charge in [0.1, 0.15) is 5.75 Å². The van der Waals surface area contributed by atoms with Crippen molar-refractivity contribution in [1.82, 2.24) is 4.90 Å². The molecule has 0 radical (unpaired) electrons. The number of rotatable bonds is 5. The molecule has 1 aromatic carbocycles. The second kappa shape index (κ2) is 6.45. The maximum atomic E-state index is 11.5. The smallest absolute Gasteiger partial charge is 0.241 e. The summed E-state index contributed by atoms with van der Waals surface area (Å²) in [6.45, 7) is 0.315. The van der Waals surface area contributed by atoms with Crippen LogP contribution >= 0.6 is 0 Å². The summed E-state index contributed by atoms with van der Waals surface area (Å²) >= 11 is 0. The van der Waals surface area contributed by atoms with Gasteiger partial charge in [0.2, 0.25) is 5.91 Å². The van der Waals surface area contributed by atoms with Gasteiger partial charge in [0.25, 0.3) is 0 Å². The van der Waals surface area contributed by atoms with E-state index < -0.39 is 0 Å². The molecule has 1 saturated carbocycles. The Kier molecular flexibility index (Phi) is 4.66. The summed E-state index contributed by atoms with van der Waals surface area (Å²) in [4.78, 5) is 13.0. The van der Waals surface area contributed by atoms with Crippen molar-refractivity contribution in [3.8, 4) is 5.75 Å². The molecular weight excluding hydrogens is 240 g/mol. The van der Waals surface area contributed by atoms with Crippen LogP contribution in [0.15, 0.2) is 24.3 Å². The first-order chi connectivity index (χ1) is 9.15. The van der Waals surface area contributed by atoms with Crippen LogP contribution in [0.1, 0.15) is 25.7 Å². The van der Waals surface area contributed by atoms with Gasteiger partial charge >= 0.3 is 0 Å². The summed E-state index contributed by atoms with van der Waals surface area (Å²) in [5.74, 6) is 0.975. The van der Waals surface area contributed by atoms with E-state index >= 15 is 0 Å². The molecule has 0 heterocycles. The highest BCUT2D eigenvalue weighted by molar-refractivity contribution is 5.80. The molecule has 4 nitrogen and oxygen atoms in total. The predicted molar refractivity (Wildman–Crippen MR) is 76.5 cm³/mol. The fourth-order valence-electron chi connectivity index (χ4n) is 2.19. The molecule has 1 aliphatic rings. The van der Waals surface area contributed by atoms with Gasteiger partial charge in [-0.25, -0.2) is 0 Å². The predicted octanol–water partition coefficient (Wildman–Crippen LogP) is 2.51. The number of amides is 1. The molecule has 0 spiro atoms.